The van der Waals surface area contributed by atoms with Crippen LogP contribution < -0.4 is 0 Å². The van der Waals surface area contributed by atoms with Crippen LogP contribution in [-0.2, 0) is 16.0 Å². The van der Waals surface area contributed by atoms with Gasteiger partial charge in [-0.05, 0) is 24.3 Å². The van der Waals surface area contributed by atoms with Gasteiger partial charge in [-0.25, -0.2) is 0 Å². The predicted octanol–water partition coefficient (Wildman–Crippen LogP) is 2.61. The summed E-state index contributed by atoms with van der Waals surface area (Å²) in [6.45, 7) is 1.11. The third-order valence-electron chi connectivity index (χ3n) is 4.02. The van der Waals surface area contributed by atoms with Gasteiger partial charge in [-0.1, -0.05) is 22.0 Å². The molecule has 1 amide bonds. The van der Waals surface area contributed by atoms with Crippen molar-refractivity contribution in [2.24, 2.45) is 5.92 Å². The van der Waals surface area contributed by atoms with Crippen LogP contribution in [0, 0.1) is 16.0 Å². The van der Waals surface area contributed by atoms with Gasteiger partial charge in [0.25, 0.3) is 5.69 Å². The third-order valence-corrected chi connectivity index (χ3v) is 4.76. The van der Waals surface area contributed by atoms with E-state index >= 15 is 0 Å². The number of halogens is 1. The van der Waals surface area contributed by atoms with Gasteiger partial charge < -0.3 is 10.0 Å². The first-order valence-corrected chi connectivity index (χ1v) is 8.08. The molecule has 2 rings (SSSR count). The molecular weight excluding hydrogens is 368 g/mol. The van der Waals surface area contributed by atoms with E-state index in [9.17, 15) is 19.7 Å². The highest BCUT2D eigenvalue weighted by Crippen LogP contribution is 2.25. The van der Waals surface area contributed by atoms with E-state index in [2.05, 4.69) is 15.9 Å². The lowest BCUT2D eigenvalue weighted by Gasteiger charge is -2.31. The van der Waals surface area contributed by atoms with Gasteiger partial charge in [0.2, 0.25) is 5.91 Å². The smallest absolute Gasteiger partial charge is 0.303 e. The van der Waals surface area contributed by atoms with Crippen LogP contribution in [0.3, 0.4) is 0 Å². The number of nitro benzene ring substituents is 1. The number of carbonyl (C=O) groups excluding carboxylic acids is 1. The molecule has 0 saturated carbocycles. The fraction of sp³-hybridized carbons (Fsp3) is 0.467. The number of nitrogens with zero attached hydrogens (tertiary/aromatic N) is 2. The number of rotatable bonds is 5. The molecule has 0 aromatic heterocycles. The Bertz CT molecular complexity index is 626. The van der Waals surface area contributed by atoms with Crippen molar-refractivity contribution in [2.45, 2.75) is 25.7 Å². The Balaban J connectivity index is 1.93. The second-order valence-electron chi connectivity index (χ2n) is 5.63. The third kappa shape index (κ3) is 4.75. The molecular formula is C15H17BrN2O5. The van der Waals surface area contributed by atoms with Gasteiger partial charge in [0.05, 0.1) is 11.3 Å². The van der Waals surface area contributed by atoms with Crippen LogP contribution in [0.25, 0.3) is 0 Å². The fourth-order valence-electron chi connectivity index (χ4n) is 2.70. The van der Waals surface area contributed by atoms with Crippen molar-refractivity contribution in [3.8, 4) is 0 Å². The highest BCUT2D eigenvalue weighted by atomic mass is 79.9. The highest BCUT2D eigenvalue weighted by molar-refractivity contribution is 9.10. The molecule has 0 bridgehead atoms. The second kappa shape index (κ2) is 7.54. The Kier molecular flexibility index (Phi) is 5.70. The fourth-order valence-corrected chi connectivity index (χ4v) is 3.21. The summed E-state index contributed by atoms with van der Waals surface area (Å²) in [4.78, 5) is 35.0. The second-order valence-corrected chi connectivity index (χ2v) is 6.49. The van der Waals surface area contributed by atoms with Crippen molar-refractivity contribution in [3.63, 3.8) is 0 Å². The molecule has 7 nitrogen and oxygen atoms in total. The predicted molar refractivity (Wildman–Crippen MR) is 86.1 cm³/mol. The molecule has 0 spiro atoms. The van der Waals surface area contributed by atoms with Crippen molar-refractivity contribution in [3.05, 3.63) is 38.3 Å². The number of carboxylic acid groups (broad SMARTS) is 1. The Morgan fingerprint density at radius 2 is 2.00 bits per heavy atom. The SMILES string of the molecule is O=C(O)CC1CCN(C(=O)Cc2ccc([N+](=O)[O-])cc2Br)CC1. The van der Waals surface area contributed by atoms with Crippen molar-refractivity contribution in [1.29, 1.82) is 0 Å². The summed E-state index contributed by atoms with van der Waals surface area (Å²) < 4.78 is 0.542. The van der Waals surface area contributed by atoms with Crippen LogP contribution >= 0.6 is 15.9 Å². The number of benzene rings is 1. The van der Waals surface area contributed by atoms with Crippen LogP contribution in [-0.4, -0.2) is 39.9 Å². The zero-order chi connectivity index (χ0) is 17.0. The van der Waals surface area contributed by atoms with Crippen molar-refractivity contribution in [1.82, 2.24) is 4.90 Å². The van der Waals surface area contributed by atoms with Gasteiger partial charge in [-0.2, -0.15) is 0 Å². The van der Waals surface area contributed by atoms with Crippen LogP contribution in [0.2, 0.25) is 0 Å². The molecule has 1 aromatic rings. The quantitative estimate of drug-likeness (QED) is 0.620. The number of nitro groups is 1. The summed E-state index contributed by atoms with van der Waals surface area (Å²) in [6.07, 6.45) is 1.71. The number of piperidine rings is 1. The molecule has 1 aromatic carbocycles. The molecule has 8 heteroatoms. The number of carbonyl (C=O) groups is 2. The van der Waals surface area contributed by atoms with E-state index < -0.39 is 10.9 Å². The van der Waals surface area contributed by atoms with E-state index in [1.54, 1.807) is 11.0 Å². The Labute approximate surface area is 141 Å². The van der Waals surface area contributed by atoms with Gasteiger partial charge >= 0.3 is 5.97 Å². The molecule has 1 saturated heterocycles. The van der Waals surface area contributed by atoms with E-state index in [-0.39, 0.29) is 30.4 Å². The summed E-state index contributed by atoms with van der Waals surface area (Å²) in [5.74, 6) is -0.722. The molecule has 1 heterocycles. The lowest BCUT2D eigenvalue weighted by Crippen LogP contribution is -2.39. The standard InChI is InChI=1S/C15H17BrN2O5/c16-13-9-12(18(22)23)2-1-11(13)8-14(19)17-5-3-10(4-6-17)7-15(20)21/h1-2,9-10H,3-8H2,(H,20,21). The normalized spacial score (nSPS) is 15.4. The van der Waals surface area contributed by atoms with Gasteiger partial charge in [0, 0.05) is 36.1 Å². The average molecular weight is 385 g/mol. The zero-order valence-electron chi connectivity index (χ0n) is 12.4. The number of amides is 1. The zero-order valence-corrected chi connectivity index (χ0v) is 14.0. The van der Waals surface area contributed by atoms with Gasteiger partial charge in [0.15, 0.2) is 0 Å². The summed E-state index contributed by atoms with van der Waals surface area (Å²) in [5.41, 5.74) is 0.677. The first kappa shape index (κ1) is 17.4. The van der Waals surface area contributed by atoms with Crippen LogP contribution in [0.1, 0.15) is 24.8 Å². The van der Waals surface area contributed by atoms with E-state index in [1.165, 1.54) is 12.1 Å². The highest BCUT2D eigenvalue weighted by Gasteiger charge is 2.24. The minimum Gasteiger partial charge on any atom is -0.481 e. The Hall–Kier alpha value is -1.96. The van der Waals surface area contributed by atoms with Gasteiger partial charge in [-0.3, -0.25) is 19.7 Å². The number of likely N-dealkylation sites (tertiary alicyclic amines) is 1. The number of aliphatic carboxylic acids is 1. The number of hydrogen-bond donors (Lipinski definition) is 1. The summed E-state index contributed by atoms with van der Waals surface area (Å²) in [6, 6.07) is 4.35. The molecule has 124 valence electrons. The monoisotopic (exact) mass is 384 g/mol. The minimum atomic E-state index is -0.801. The van der Waals surface area contributed by atoms with Gasteiger partial charge in [0.1, 0.15) is 0 Å². The first-order chi connectivity index (χ1) is 10.9. The van der Waals surface area contributed by atoms with Crippen molar-refractivity contribution >= 4 is 33.5 Å². The topological polar surface area (TPSA) is 101 Å². The van der Waals surface area contributed by atoms with E-state index in [0.717, 1.165) is 0 Å². The lowest BCUT2D eigenvalue weighted by molar-refractivity contribution is -0.384. The Morgan fingerprint density at radius 3 is 2.52 bits per heavy atom. The maximum Gasteiger partial charge on any atom is 0.303 e. The molecule has 0 atom stereocenters. The molecule has 0 aliphatic carbocycles. The van der Waals surface area contributed by atoms with E-state index in [0.29, 0.717) is 36.0 Å². The van der Waals surface area contributed by atoms with Crippen molar-refractivity contribution < 1.29 is 19.6 Å². The lowest BCUT2D eigenvalue weighted by atomic mass is 9.93. The van der Waals surface area contributed by atoms with Crippen LogP contribution in [0.4, 0.5) is 5.69 Å². The van der Waals surface area contributed by atoms with Gasteiger partial charge in [-0.15, -0.1) is 0 Å². The first-order valence-electron chi connectivity index (χ1n) is 7.29. The van der Waals surface area contributed by atoms with E-state index in [4.69, 9.17) is 5.11 Å². The molecule has 1 aliphatic heterocycles. The Morgan fingerprint density at radius 1 is 1.35 bits per heavy atom. The average Bonchev–Trinajstić information content (AvgIpc) is 2.49. The number of hydrogen-bond acceptors (Lipinski definition) is 4. The molecule has 1 N–H and O–H groups in total. The summed E-state index contributed by atoms with van der Waals surface area (Å²) in [7, 11) is 0. The summed E-state index contributed by atoms with van der Waals surface area (Å²) in [5, 5.41) is 19.5. The molecule has 1 fully saturated rings. The van der Waals surface area contributed by atoms with E-state index in [1.807, 2.05) is 0 Å². The van der Waals surface area contributed by atoms with Crippen LogP contribution in [0.5, 0.6) is 0 Å². The number of carboxylic acids is 1. The largest absolute Gasteiger partial charge is 0.481 e. The maximum absolute atomic E-state index is 12.3. The minimum absolute atomic E-state index is 0.0254. The van der Waals surface area contributed by atoms with Crippen LogP contribution in [0.15, 0.2) is 22.7 Å². The number of non-ortho nitro benzene ring substituents is 1. The summed E-state index contributed by atoms with van der Waals surface area (Å²) >= 11 is 3.26. The molecule has 0 unspecified atom stereocenters. The van der Waals surface area contributed by atoms with Crippen molar-refractivity contribution in [2.75, 3.05) is 13.1 Å². The molecule has 23 heavy (non-hydrogen) atoms. The maximum atomic E-state index is 12.3. The molecule has 1 aliphatic rings. The molecule has 0 radical (unpaired) electrons.